The average Bonchev–Trinajstić information content (AvgIpc) is 2.35. The minimum atomic E-state index is 0.539. The lowest BCUT2D eigenvalue weighted by Crippen LogP contribution is -2.04. The molecule has 1 atom stereocenters. The van der Waals surface area contributed by atoms with Crippen LogP contribution in [0.15, 0.2) is 18.2 Å². The van der Waals surface area contributed by atoms with Gasteiger partial charge in [-0.3, -0.25) is 0 Å². The van der Waals surface area contributed by atoms with Crippen molar-refractivity contribution in [1.29, 1.82) is 0 Å². The topological polar surface area (TPSA) is 0 Å². The Morgan fingerprint density at radius 2 is 1.76 bits per heavy atom. The van der Waals surface area contributed by atoms with E-state index in [9.17, 15) is 0 Å². The molecule has 0 saturated heterocycles. The Balaban J connectivity index is 2.05. The molecule has 1 heteroatoms. The summed E-state index contributed by atoms with van der Waals surface area (Å²) in [5.41, 5.74) is 4.66. The number of fused-ring (bicyclic) bond motifs is 1. The first-order valence-corrected chi connectivity index (χ1v) is 7.84. The van der Waals surface area contributed by atoms with E-state index in [1.54, 1.807) is 11.1 Å². The molecule has 0 amide bonds. The van der Waals surface area contributed by atoms with Crippen LogP contribution in [0.5, 0.6) is 0 Å². The van der Waals surface area contributed by atoms with Crippen molar-refractivity contribution in [3.63, 3.8) is 0 Å². The van der Waals surface area contributed by atoms with Crippen LogP contribution in [0.2, 0.25) is 0 Å². The zero-order valence-corrected chi connectivity index (χ0v) is 12.6. The highest BCUT2D eigenvalue weighted by Gasteiger charge is 2.13. The number of benzene rings is 1. The molecule has 0 bridgehead atoms. The van der Waals surface area contributed by atoms with Crippen molar-refractivity contribution in [2.45, 2.75) is 57.2 Å². The predicted octanol–water partition coefficient (Wildman–Crippen LogP) is 5.44. The van der Waals surface area contributed by atoms with Crippen LogP contribution in [0.1, 0.15) is 61.0 Å². The van der Waals surface area contributed by atoms with Crippen molar-refractivity contribution in [2.24, 2.45) is 5.92 Å². The molecular formula is C16H23Br. The molecule has 0 aliphatic heterocycles. The van der Waals surface area contributed by atoms with Gasteiger partial charge in [0.2, 0.25) is 0 Å². The summed E-state index contributed by atoms with van der Waals surface area (Å²) in [6, 6.07) is 7.12. The molecular weight excluding hydrogens is 272 g/mol. The maximum atomic E-state index is 3.84. The van der Waals surface area contributed by atoms with Crippen LogP contribution in [0.25, 0.3) is 0 Å². The van der Waals surface area contributed by atoms with E-state index >= 15 is 0 Å². The molecule has 0 N–H and O–H groups in total. The summed E-state index contributed by atoms with van der Waals surface area (Å²) in [7, 11) is 0. The van der Waals surface area contributed by atoms with Gasteiger partial charge in [0.1, 0.15) is 0 Å². The molecule has 0 saturated carbocycles. The smallest absolute Gasteiger partial charge is 0.0395 e. The highest BCUT2D eigenvalue weighted by atomic mass is 79.9. The van der Waals surface area contributed by atoms with Crippen molar-refractivity contribution < 1.29 is 0 Å². The van der Waals surface area contributed by atoms with Crippen LogP contribution < -0.4 is 0 Å². The zero-order valence-electron chi connectivity index (χ0n) is 11.0. The molecule has 17 heavy (non-hydrogen) atoms. The number of hydrogen-bond acceptors (Lipinski definition) is 0. The fraction of sp³-hybridized carbons (Fsp3) is 0.625. The van der Waals surface area contributed by atoms with Crippen molar-refractivity contribution in [2.75, 3.05) is 0 Å². The van der Waals surface area contributed by atoms with Gasteiger partial charge in [-0.05, 0) is 61.1 Å². The molecule has 2 rings (SSSR count). The predicted molar refractivity (Wildman–Crippen MR) is 78.8 cm³/mol. The highest BCUT2D eigenvalue weighted by molar-refractivity contribution is 9.09. The summed E-state index contributed by atoms with van der Waals surface area (Å²) < 4.78 is 0. The Hall–Kier alpha value is -0.300. The van der Waals surface area contributed by atoms with Gasteiger partial charge in [-0.1, -0.05) is 48.0 Å². The van der Waals surface area contributed by atoms with Gasteiger partial charge in [-0.25, -0.2) is 0 Å². The summed E-state index contributed by atoms with van der Waals surface area (Å²) in [6.45, 7) is 4.60. The largest absolute Gasteiger partial charge is 0.0839 e. The lowest BCUT2D eigenvalue weighted by molar-refractivity contribution is 0.554. The zero-order chi connectivity index (χ0) is 12.3. The summed E-state index contributed by atoms with van der Waals surface area (Å²) in [5, 5.41) is 0. The van der Waals surface area contributed by atoms with Gasteiger partial charge < -0.3 is 0 Å². The Morgan fingerprint density at radius 1 is 1.06 bits per heavy atom. The molecule has 0 spiro atoms. The van der Waals surface area contributed by atoms with Crippen LogP contribution in [0.3, 0.4) is 0 Å². The lowest BCUT2D eigenvalue weighted by atomic mass is 9.89. The average molecular weight is 295 g/mol. The van der Waals surface area contributed by atoms with E-state index < -0.39 is 0 Å². The monoisotopic (exact) mass is 294 g/mol. The number of hydrogen-bond donors (Lipinski definition) is 0. The molecule has 0 heterocycles. The molecule has 94 valence electrons. The van der Waals surface area contributed by atoms with Crippen molar-refractivity contribution in [1.82, 2.24) is 0 Å². The first kappa shape index (κ1) is 13.1. The fourth-order valence-corrected chi connectivity index (χ4v) is 3.14. The fourth-order valence-electron chi connectivity index (χ4n) is 2.59. The van der Waals surface area contributed by atoms with E-state index in [1.807, 2.05) is 0 Å². The summed E-state index contributed by atoms with van der Waals surface area (Å²) in [6.07, 6.45) is 7.86. The van der Waals surface area contributed by atoms with E-state index in [0.717, 1.165) is 5.92 Å². The molecule has 0 fully saturated rings. The Morgan fingerprint density at radius 3 is 2.47 bits per heavy atom. The Labute approximate surface area is 114 Å². The van der Waals surface area contributed by atoms with E-state index in [0.29, 0.717) is 4.83 Å². The number of aryl methyl sites for hydroxylation is 2. The second kappa shape index (κ2) is 6.04. The normalized spacial score (nSPS) is 16.9. The molecule has 1 aliphatic carbocycles. The first-order valence-electron chi connectivity index (χ1n) is 6.92. The van der Waals surface area contributed by atoms with E-state index in [2.05, 4.69) is 48.0 Å². The molecule has 1 unspecified atom stereocenters. The highest BCUT2D eigenvalue weighted by Crippen LogP contribution is 2.32. The van der Waals surface area contributed by atoms with Crippen LogP contribution >= 0.6 is 15.9 Å². The van der Waals surface area contributed by atoms with Gasteiger partial charge in [-0.2, -0.15) is 0 Å². The SMILES string of the molecule is CC(C)CCC(Br)c1ccc2c(c1)CCCC2. The summed E-state index contributed by atoms with van der Waals surface area (Å²) in [4.78, 5) is 0.539. The number of alkyl halides is 1. The lowest BCUT2D eigenvalue weighted by Gasteiger charge is -2.19. The molecule has 1 aromatic rings. The second-order valence-corrected chi connectivity index (χ2v) is 6.78. The van der Waals surface area contributed by atoms with Crippen LogP contribution in [0.4, 0.5) is 0 Å². The van der Waals surface area contributed by atoms with E-state index in [-0.39, 0.29) is 0 Å². The Bertz CT molecular complexity index is 368. The molecule has 0 radical (unpaired) electrons. The van der Waals surface area contributed by atoms with Gasteiger partial charge in [0.15, 0.2) is 0 Å². The second-order valence-electron chi connectivity index (χ2n) is 5.67. The molecule has 0 aromatic heterocycles. The Kier molecular flexibility index (Phi) is 4.67. The van der Waals surface area contributed by atoms with Crippen molar-refractivity contribution >= 4 is 15.9 Å². The van der Waals surface area contributed by atoms with Crippen LogP contribution in [-0.4, -0.2) is 0 Å². The van der Waals surface area contributed by atoms with Gasteiger partial charge in [-0.15, -0.1) is 0 Å². The van der Waals surface area contributed by atoms with Gasteiger partial charge in [0, 0.05) is 4.83 Å². The third kappa shape index (κ3) is 3.58. The van der Waals surface area contributed by atoms with Crippen molar-refractivity contribution in [3.05, 3.63) is 34.9 Å². The number of rotatable bonds is 4. The first-order chi connectivity index (χ1) is 8.16. The third-order valence-corrected chi connectivity index (χ3v) is 4.72. The van der Waals surface area contributed by atoms with E-state index in [4.69, 9.17) is 0 Å². The van der Waals surface area contributed by atoms with Crippen molar-refractivity contribution in [3.8, 4) is 0 Å². The molecule has 1 aliphatic rings. The van der Waals surface area contributed by atoms with Gasteiger partial charge >= 0.3 is 0 Å². The quantitative estimate of drug-likeness (QED) is 0.649. The molecule has 0 nitrogen and oxygen atoms in total. The third-order valence-electron chi connectivity index (χ3n) is 3.73. The van der Waals surface area contributed by atoms with Gasteiger partial charge in [0.25, 0.3) is 0 Å². The van der Waals surface area contributed by atoms with E-state index in [1.165, 1.54) is 44.1 Å². The maximum absolute atomic E-state index is 3.84. The standard InChI is InChI=1S/C16H23Br/c1-12(2)7-10-16(17)15-9-8-13-5-3-4-6-14(13)11-15/h8-9,11-12,16H,3-7,10H2,1-2H3. The summed E-state index contributed by atoms with van der Waals surface area (Å²) >= 11 is 3.84. The van der Waals surface area contributed by atoms with Crippen LogP contribution in [-0.2, 0) is 12.8 Å². The minimum Gasteiger partial charge on any atom is -0.0839 e. The summed E-state index contributed by atoms with van der Waals surface area (Å²) in [5.74, 6) is 0.799. The minimum absolute atomic E-state index is 0.539. The van der Waals surface area contributed by atoms with Crippen LogP contribution in [0, 0.1) is 5.92 Å². The molecule has 1 aromatic carbocycles. The van der Waals surface area contributed by atoms with Gasteiger partial charge in [0.05, 0.1) is 0 Å². The maximum Gasteiger partial charge on any atom is 0.0395 e. The number of halogens is 1.